The molecule has 0 saturated carbocycles. The molecule has 1 saturated heterocycles. The summed E-state index contributed by atoms with van der Waals surface area (Å²) in [4.78, 5) is 30.4. The first-order valence-electron chi connectivity index (χ1n) is 11.0. The Morgan fingerprint density at radius 1 is 1.18 bits per heavy atom. The maximum atomic E-state index is 13.7. The average molecular weight is 474 g/mol. The Balaban J connectivity index is 0.00000306. The molecule has 1 fully saturated rings. The van der Waals surface area contributed by atoms with E-state index in [9.17, 15) is 9.59 Å². The summed E-state index contributed by atoms with van der Waals surface area (Å²) in [5, 5.41) is 3.42. The molecule has 3 aromatic rings. The van der Waals surface area contributed by atoms with E-state index >= 15 is 0 Å². The molecule has 4 rings (SSSR count). The van der Waals surface area contributed by atoms with Gasteiger partial charge < -0.3 is 19.9 Å². The number of rotatable bonds is 5. The lowest BCUT2D eigenvalue weighted by Gasteiger charge is -2.38. The molecule has 9 heteroatoms. The Bertz CT molecular complexity index is 1220. The van der Waals surface area contributed by atoms with Crippen molar-refractivity contribution in [2.75, 3.05) is 43.1 Å². The van der Waals surface area contributed by atoms with Crippen molar-refractivity contribution in [3.8, 4) is 5.75 Å². The molecule has 1 aliphatic heterocycles. The number of fused-ring (bicyclic) bond motifs is 1. The number of carbonyl (C=O) groups is 1. The number of nitrogens with zero attached hydrogens (tertiary/aromatic N) is 4. The van der Waals surface area contributed by atoms with Crippen LogP contribution in [0, 0.1) is 0 Å². The number of aryl methyl sites for hydroxylation is 2. The summed E-state index contributed by atoms with van der Waals surface area (Å²) in [6.45, 7) is 7.16. The number of aromatic nitrogens is 2. The van der Waals surface area contributed by atoms with Crippen LogP contribution in [0.5, 0.6) is 5.75 Å². The highest BCUT2D eigenvalue weighted by molar-refractivity contribution is 6.10. The Morgan fingerprint density at radius 3 is 2.48 bits per heavy atom. The predicted molar refractivity (Wildman–Crippen MR) is 135 cm³/mol. The fourth-order valence-electron chi connectivity index (χ4n) is 4.56. The zero-order valence-electron chi connectivity index (χ0n) is 19.8. The number of carbonyl (C=O) groups excluding carboxylic acids is 1. The maximum absolute atomic E-state index is 13.7. The molecular formula is C24H32ClN5O3. The third kappa shape index (κ3) is 4.20. The average Bonchev–Trinajstić information content (AvgIpc) is 3.02. The molecule has 1 aliphatic rings. The van der Waals surface area contributed by atoms with Crippen LogP contribution in [0.2, 0.25) is 0 Å². The van der Waals surface area contributed by atoms with Crippen LogP contribution in [0.15, 0.2) is 41.2 Å². The first-order valence-corrected chi connectivity index (χ1v) is 11.0. The van der Waals surface area contributed by atoms with Crippen molar-refractivity contribution in [2.45, 2.75) is 19.9 Å². The van der Waals surface area contributed by atoms with Crippen molar-refractivity contribution in [3.63, 3.8) is 0 Å². The summed E-state index contributed by atoms with van der Waals surface area (Å²) in [6.07, 6.45) is 0. The monoisotopic (exact) mass is 473 g/mol. The van der Waals surface area contributed by atoms with Crippen molar-refractivity contribution in [2.24, 2.45) is 14.1 Å². The van der Waals surface area contributed by atoms with Gasteiger partial charge in [0.05, 0.1) is 35.1 Å². The summed E-state index contributed by atoms with van der Waals surface area (Å²) in [7, 11) is 5.12. The number of piperazine rings is 1. The molecule has 0 bridgehead atoms. The van der Waals surface area contributed by atoms with E-state index in [-0.39, 0.29) is 30.0 Å². The number of nitrogens with one attached hydrogen (secondary N) is 1. The van der Waals surface area contributed by atoms with Crippen LogP contribution >= 0.6 is 12.4 Å². The number of amides is 1. The SMILES string of the molecule is CCN(C(=O)c1ccccc1OC)c1cc2c(cc1N1CCNC[C@H]1C)n(C)c(=O)n2C.Cl. The molecule has 0 spiro atoms. The van der Waals surface area contributed by atoms with Gasteiger partial charge in [-0.05, 0) is 38.1 Å². The van der Waals surface area contributed by atoms with Crippen molar-refractivity contribution in [1.29, 1.82) is 0 Å². The van der Waals surface area contributed by atoms with Gasteiger partial charge in [0.15, 0.2) is 0 Å². The van der Waals surface area contributed by atoms with E-state index in [1.54, 1.807) is 47.4 Å². The lowest BCUT2D eigenvalue weighted by Crippen LogP contribution is -2.50. The van der Waals surface area contributed by atoms with Crippen LogP contribution in [0.3, 0.4) is 0 Å². The van der Waals surface area contributed by atoms with Gasteiger partial charge in [0.1, 0.15) is 5.75 Å². The smallest absolute Gasteiger partial charge is 0.328 e. The minimum atomic E-state index is -0.130. The maximum Gasteiger partial charge on any atom is 0.328 e. The molecule has 1 N–H and O–H groups in total. The second-order valence-electron chi connectivity index (χ2n) is 8.23. The normalized spacial score (nSPS) is 15.9. The minimum absolute atomic E-state index is 0. The molecule has 1 amide bonds. The molecule has 1 aromatic heterocycles. The number of hydrogen-bond acceptors (Lipinski definition) is 5. The third-order valence-corrected chi connectivity index (χ3v) is 6.37. The van der Waals surface area contributed by atoms with Gasteiger partial charge >= 0.3 is 5.69 Å². The fraction of sp³-hybridized carbons (Fsp3) is 0.417. The fourth-order valence-corrected chi connectivity index (χ4v) is 4.56. The van der Waals surface area contributed by atoms with E-state index in [0.717, 1.165) is 42.0 Å². The van der Waals surface area contributed by atoms with Gasteiger partial charge in [-0.15, -0.1) is 12.4 Å². The number of ether oxygens (including phenoxy) is 1. The van der Waals surface area contributed by atoms with Gasteiger partial charge in [-0.2, -0.15) is 0 Å². The van der Waals surface area contributed by atoms with Gasteiger partial charge in [0.2, 0.25) is 0 Å². The Kier molecular flexibility index (Phi) is 7.39. The first kappa shape index (κ1) is 24.7. The third-order valence-electron chi connectivity index (χ3n) is 6.37. The van der Waals surface area contributed by atoms with E-state index in [2.05, 4.69) is 17.1 Å². The second-order valence-corrected chi connectivity index (χ2v) is 8.23. The standard InChI is InChI=1S/C24H31N5O3.ClH/c1-6-28(23(30)17-9-7-8-10-22(17)32-5)20-13-18-19(27(4)24(31)26(18)3)14-21(20)29-12-11-25-15-16(29)2;/h7-10,13-14,16,25H,6,11-12,15H2,1-5H3;1H/t16-;/m1./s1. The molecule has 33 heavy (non-hydrogen) atoms. The zero-order valence-corrected chi connectivity index (χ0v) is 20.6. The number of benzene rings is 2. The number of para-hydroxylation sites is 1. The lowest BCUT2D eigenvalue weighted by molar-refractivity contribution is 0.0985. The number of methoxy groups -OCH3 is 1. The Labute approximate surface area is 200 Å². The zero-order chi connectivity index (χ0) is 23.0. The van der Waals surface area contributed by atoms with E-state index in [1.165, 1.54) is 0 Å². The van der Waals surface area contributed by atoms with Crippen LogP contribution in [-0.4, -0.2) is 54.4 Å². The van der Waals surface area contributed by atoms with Crippen molar-refractivity contribution in [3.05, 3.63) is 52.4 Å². The van der Waals surface area contributed by atoms with Gasteiger partial charge in [0, 0.05) is 46.3 Å². The summed E-state index contributed by atoms with van der Waals surface area (Å²) < 4.78 is 8.74. The molecule has 0 unspecified atom stereocenters. The topological polar surface area (TPSA) is 71.7 Å². The van der Waals surface area contributed by atoms with Crippen LogP contribution in [0.1, 0.15) is 24.2 Å². The van der Waals surface area contributed by atoms with Crippen LogP contribution in [0.25, 0.3) is 11.0 Å². The van der Waals surface area contributed by atoms with Gasteiger partial charge in [0.25, 0.3) is 5.91 Å². The summed E-state index contributed by atoms with van der Waals surface area (Å²) in [6, 6.07) is 11.5. The molecule has 2 heterocycles. The highest BCUT2D eigenvalue weighted by Gasteiger charge is 2.28. The minimum Gasteiger partial charge on any atom is -0.496 e. The van der Waals surface area contributed by atoms with Crippen LogP contribution < -0.4 is 25.5 Å². The van der Waals surface area contributed by atoms with E-state index < -0.39 is 0 Å². The highest BCUT2D eigenvalue weighted by Crippen LogP contribution is 2.36. The van der Waals surface area contributed by atoms with Crippen LogP contribution in [0.4, 0.5) is 11.4 Å². The highest BCUT2D eigenvalue weighted by atomic mass is 35.5. The summed E-state index contributed by atoms with van der Waals surface area (Å²) in [5.41, 5.74) is 3.82. The molecule has 0 radical (unpaired) electrons. The number of hydrogen-bond donors (Lipinski definition) is 1. The molecule has 178 valence electrons. The Hall–Kier alpha value is -2.97. The molecule has 0 aliphatic carbocycles. The molecular weight excluding hydrogens is 442 g/mol. The van der Waals surface area contributed by atoms with Gasteiger partial charge in [-0.25, -0.2) is 4.79 Å². The summed E-state index contributed by atoms with van der Waals surface area (Å²) >= 11 is 0. The summed E-state index contributed by atoms with van der Waals surface area (Å²) in [5.74, 6) is 0.412. The van der Waals surface area contributed by atoms with Gasteiger partial charge in [-0.3, -0.25) is 13.9 Å². The van der Waals surface area contributed by atoms with Crippen LogP contribution in [-0.2, 0) is 14.1 Å². The van der Waals surface area contributed by atoms with Gasteiger partial charge in [-0.1, -0.05) is 12.1 Å². The first-order chi connectivity index (χ1) is 15.4. The quantitative estimate of drug-likeness (QED) is 0.617. The molecule has 1 atom stereocenters. The molecule has 8 nitrogen and oxygen atoms in total. The van der Waals surface area contributed by atoms with Crippen molar-refractivity contribution < 1.29 is 9.53 Å². The van der Waals surface area contributed by atoms with E-state index in [0.29, 0.717) is 17.9 Å². The molecule has 2 aromatic carbocycles. The van der Waals surface area contributed by atoms with Crippen molar-refractivity contribution in [1.82, 2.24) is 14.5 Å². The van der Waals surface area contributed by atoms with E-state index in [1.807, 2.05) is 31.2 Å². The van der Waals surface area contributed by atoms with Crippen molar-refractivity contribution >= 4 is 40.7 Å². The number of halogens is 1. The Morgan fingerprint density at radius 2 is 1.85 bits per heavy atom. The lowest BCUT2D eigenvalue weighted by atomic mass is 10.1. The number of imidazole rings is 1. The largest absolute Gasteiger partial charge is 0.496 e. The number of anilines is 2. The predicted octanol–water partition coefficient (Wildman–Crippen LogP) is 2.77. The van der Waals surface area contributed by atoms with E-state index in [4.69, 9.17) is 4.74 Å². The second kappa shape index (κ2) is 9.89.